The number of hydrogen-bond acceptors (Lipinski definition) is 2. The molecule has 0 bridgehead atoms. The van der Waals surface area contributed by atoms with E-state index in [-0.39, 0.29) is 0 Å². The fourth-order valence-corrected chi connectivity index (χ4v) is 1.01. The number of hydrogen-bond donors (Lipinski definition) is 3. The van der Waals surface area contributed by atoms with Gasteiger partial charge in [-0.2, -0.15) is 0 Å². The Morgan fingerprint density at radius 2 is 2.17 bits per heavy atom. The molecule has 0 radical (unpaired) electrons. The van der Waals surface area contributed by atoms with Gasteiger partial charge in [0.05, 0.1) is 5.84 Å². The third-order valence-electron chi connectivity index (χ3n) is 1.92. The van der Waals surface area contributed by atoms with Crippen LogP contribution in [-0.2, 0) is 0 Å². The number of rotatable bonds is 6. The summed E-state index contributed by atoms with van der Waals surface area (Å²) >= 11 is 0. The van der Waals surface area contributed by atoms with Crippen LogP contribution in [0.25, 0.3) is 0 Å². The summed E-state index contributed by atoms with van der Waals surface area (Å²) in [6, 6.07) is 0.367. The second kappa shape index (κ2) is 7.10. The molecule has 0 aromatic carbocycles. The highest BCUT2D eigenvalue weighted by molar-refractivity contribution is 5.75. The molecule has 0 fully saturated rings. The van der Waals surface area contributed by atoms with E-state index in [1.54, 1.807) is 6.92 Å². The highest BCUT2D eigenvalue weighted by atomic mass is 14.9. The lowest BCUT2D eigenvalue weighted by Crippen LogP contribution is -2.22. The average molecular weight is 171 g/mol. The van der Waals surface area contributed by atoms with Crippen molar-refractivity contribution in [3.05, 3.63) is 0 Å². The number of unbranched alkanes of at least 4 members (excludes halogenated alkanes) is 1. The van der Waals surface area contributed by atoms with Crippen LogP contribution in [0.3, 0.4) is 0 Å². The molecule has 0 aliphatic carbocycles. The summed E-state index contributed by atoms with van der Waals surface area (Å²) in [5, 5.41) is 10.1. The van der Waals surface area contributed by atoms with E-state index < -0.39 is 0 Å². The molecule has 3 heteroatoms. The zero-order chi connectivity index (χ0) is 9.40. The van der Waals surface area contributed by atoms with E-state index >= 15 is 0 Å². The molecule has 4 N–H and O–H groups in total. The topological polar surface area (TPSA) is 61.9 Å². The van der Waals surface area contributed by atoms with E-state index in [0.717, 1.165) is 32.2 Å². The molecule has 1 atom stereocenters. The molecule has 12 heavy (non-hydrogen) atoms. The number of nitrogens with one attached hydrogen (secondary N) is 2. The third kappa shape index (κ3) is 7.54. The summed E-state index contributed by atoms with van der Waals surface area (Å²) in [7, 11) is 0. The van der Waals surface area contributed by atoms with Gasteiger partial charge in [-0.05, 0) is 26.2 Å². The van der Waals surface area contributed by atoms with Crippen molar-refractivity contribution >= 4 is 5.84 Å². The van der Waals surface area contributed by atoms with Crippen molar-refractivity contribution in [2.24, 2.45) is 5.73 Å². The van der Waals surface area contributed by atoms with E-state index in [1.807, 2.05) is 0 Å². The molecular formula is C9H21N3. The minimum absolute atomic E-state index is 0.367. The van der Waals surface area contributed by atoms with Crippen LogP contribution in [0.5, 0.6) is 0 Å². The van der Waals surface area contributed by atoms with Gasteiger partial charge in [-0.25, -0.2) is 0 Å². The van der Waals surface area contributed by atoms with Crippen molar-refractivity contribution in [3.63, 3.8) is 0 Å². The first-order chi connectivity index (χ1) is 5.66. The van der Waals surface area contributed by atoms with Crippen molar-refractivity contribution in [3.8, 4) is 0 Å². The van der Waals surface area contributed by atoms with Crippen LogP contribution in [0.1, 0.15) is 39.5 Å². The van der Waals surface area contributed by atoms with Gasteiger partial charge in [0.2, 0.25) is 0 Å². The van der Waals surface area contributed by atoms with Gasteiger partial charge in [-0.1, -0.05) is 13.3 Å². The second-order valence-corrected chi connectivity index (χ2v) is 3.22. The average Bonchev–Trinajstić information content (AvgIpc) is 2.03. The predicted octanol–water partition coefficient (Wildman–Crippen LogP) is 1.48. The van der Waals surface area contributed by atoms with Gasteiger partial charge in [-0.3, -0.25) is 5.41 Å². The van der Waals surface area contributed by atoms with Gasteiger partial charge in [0, 0.05) is 12.6 Å². The Balaban J connectivity index is 3.05. The Kier molecular flexibility index (Phi) is 6.76. The molecular weight excluding hydrogens is 150 g/mol. The highest BCUT2D eigenvalue weighted by Gasteiger charge is 1.97. The minimum atomic E-state index is 0.367. The molecule has 0 saturated heterocycles. The van der Waals surface area contributed by atoms with Crippen LogP contribution in [0.4, 0.5) is 0 Å². The lowest BCUT2D eigenvalue weighted by molar-refractivity contribution is 0.548. The fourth-order valence-electron chi connectivity index (χ4n) is 1.01. The predicted molar refractivity (Wildman–Crippen MR) is 53.5 cm³/mol. The van der Waals surface area contributed by atoms with E-state index in [4.69, 9.17) is 11.1 Å². The van der Waals surface area contributed by atoms with Gasteiger partial charge in [-0.15, -0.1) is 0 Å². The Morgan fingerprint density at radius 3 is 2.67 bits per heavy atom. The van der Waals surface area contributed by atoms with E-state index in [2.05, 4.69) is 12.2 Å². The van der Waals surface area contributed by atoms with Crippen LogP contribution < -0.4 is 11.1 Å². The monoisotopic (exact) mass is 171 g/mol. The molecule has 0 aromatic rings. The summed E-state index contributed by atoms with van der Waals surface area (Å²) in [4.78, 5) is 0. The summed E-state index contributed by atoms with van der Waals surface area (Å²) in [6.45, 7) is 4.79. The van der Waals surface area contributed by atoms with Crippen LogP contribution in [0, 0.1) is 5.41 Å². The molecule has 0 aromatic heterocycles. The zero-order valence-electron chi connectivity index (χ0n) is 8.19. The first kappa shape index (κ1) is 11.4. The quantitative estimate of drug-likeness (QED) is 0.322. The van der Waals surface area contributed by atoms with Crippen LogP contribution in [-0.4, -0.2) is 18.4 Å². The third-order valence-corrected chi connectivity index (χ3v) is 1.92. The Labute approximate surface area is 75.2 Å². The van der Waals surface area contributed by atoms with Crippen molar-refractivity contribution in [1.29, 1.82) is 5.41 Å². The fraction of sp³-hybridized carbons (Fsp3) is 0.889. The molecule has 0 aliphatic heterocycles. The molecule has 0 spiro atoms. The van der Waals surface area contributed by atoms with Gasteiger partial charge < -0.3 is 11.1 Å². The first-order valence-corrected chi connectivity index (χ1v) is 4.71. The normalized spacial score (nSPS) is 12.6. The molecule has 3 nitrogen and oxygen atoms in total. The maximum absolute atomic E-state index is 7.11. The van der Waals surface area contributed by atoms with Crippen LogP contribution >= 0.6 is 0 Å². The molecule has 1 unspecified atom stereocenters. The lowest BCUT2D eigenvalue weighted by Gasteiger charge is -2.08. The zero-order valence-corrected chi connectivity index (χ0v) is 8.19. The van der Waals surface area contributed by atoms with Crippen LogP contribution in [0.2, 0.25) is 0 Å². The molecule has 0 aliphatic rings. The molecule has 0 heterocycles. The van der Waals surface area contributed by atoms with Crippen molar-refractivity contribution < 1.29 is 0 Å². The Morgan fingerprint density at radius 1 is 1.50 bits per heavy atom. The number of nitrogens with two attached hydrogens (primary N) is 1. The summed E-state index contributed by atoms with van der Waals surface area (Å²) in [5.41, 5.74) is 5.75. The largest absolute Gasteiger partial charge is 0.374 e. The summed E-state index contributed by atoms with van der Waals surface area (Å²) in [6.07, 6.45) is 4.45. The Bertz CT molecular complexity index is 123. The van der Waals surface area contributed by atoms with Crippen molar-refractivity contribution in [1.82, 2.24) is 5.32 Å². The maximum Gasteiger partial charge on any atom is 0.0899 e. The smallest absolute Gasteiger partial charge is 0.0899 e. The van der Waals surface area contributed by atoms with Gasteiger partial charge in [0.15, 0.2) is 0 Å². The van der Waals surface area contributed by atoms with Crippen molar-refractivity contribution in [2.75, 3.05) is 6.54 Å². The maximum atomic E-state index is 7.11. The van der Waals surface area contributed by atoms with Gasteiger partial charge >= 0.3 is 0 Å². The summed E-state index contributed by atoms with van der Waals surface area (Å²) < 4.78 is 0. The molecule has 72 valence electrons. The second-order valence-electron chi connectivity index (χ2n) is 3.22. The van der Waals surface area contributed by atoms with E-state index in [9.17, 15) is 0 Å². The molecule has 0 saturated carbocycles. The molecule has 0 rings (SSSR count). The van der Waals surface area contributed by atoms with E-state index in [0.29, 0.717) is 11.9 Å². The SMILES string of the molecule is CCC(N)CCCCNC(C)=N. The van der Waals surface area contributed by atoms with Crippen LogP contribution in [0.15, 0.2) is 0 Å². The van der Waals surface area contributed by atoms with Crippen molar-refractivity contribution in [2.45, 2.75) is 45.6 Å². The minimum Gasteiger partial charge on any atom is -0.374 e. The highest BCUT2D eigenvalue weighted by Crippen LogP contribution is 2.00. The summed E-state index contributed by atoms with van der Waals surface area (Å²) in [5.74, 6) is 0.551. The lowest BCUT2D eigenvalue weighted by atomic mass is 10.1. The molecule has 0 amide bonds. The standard InChI is InChI=1S/C9H21N3/c1-3-9(11)6-4-5-7-12-8(2)10/h9H,3-7,11H2,1-2H3,(H2,10,12). The van der Waals surface area contributed by atoms with Gasteiger partial charge in [0.25, 0.3) is 0 Å². The number of amidine groups is 1. The van der Waals surface area contributed by atoms with Gasteiger partial charge in [0.1, 0.15) is 0 Å². The van der Waals surface area contributed by atoms with E-state index in [1.165, 1.54) is 0 Å². The first-order valence-electron chi connectivity index (χ1n) is 4.71. The Hall–Kier alpha value is -0.570.